The van der Waals surface area contributed by atoms with E-state index >= 15 is 0 Å². The van der Waals surface area contributed by atoms with Crippen molar-refractivity contribution in [3.05, 3.63) is 71.3 Å². The van der Waals surface area contributed by atoms with Crippen molar-refractivity contribution < 1.29 is 4.84 Å². The molecule has 17 heavy (non-hydrogen) atoms. The van der Waals surface area contributed by atoms with Crippen molar-refractivity contribution in [2.75, 3.05) is 0 Å². The Balaban J connectivity index is 2.39. The average Bonchev–Trinajstić information content (AvgIpc) is 2.41. The van der Waals surface area contributed by atoms with Crippen LogP contribution < -0.4 is 5.90 Å². The number of rotatable bonds is 3. The molecule has 0 bridgehead atoms. The SMILES string of the molecule is [C-]#[N+]c1cccc(C(ON)c2ccncc2)c1. The van der Waals surface area contributed by atoms with E-state index in [4.69, 9.17) is 17.3 Å². The van der Waals surface area contributed by atoms with Crippen molar-refractivity contribution in [2.45, 2.75) is 6.10 Å². The van der Waals surface area contributed by atoms with Crippen LogP contribution in [0.1, 0.15) is 17.2 Å². The third-order valence-electron chi connectivity index (χ3n) is 2.45. The highest BCUT2D eigenvalue weighted by Crippen LogP contribution is 2.26. The lowest BCUT2D eigenvalue weighted by Gasteiger charge is -2.15. The van der Waals surface area contributed by atoms with Gasteiger partial charge in [0, 0.05) is 12.4 Å². The Morgan fingerprint density at radius 1 is 1.18 bits per heavy atom. The van der Waals surface area contributed by atoms with E-state index in [1.807, 2.05) is 24.3 Å². The summed E-state index contributed by atoms with van der Waals surface area (Å²) in [6.07, 6.45) is 2.99. The van der Waals surface area contributed by atoms with Gasteiger partial charge in [0.25, 0.3) is 0 Å². The minimum Gasteiger partial charge on any atom is -0.292 e. The first kappa shape index (κ1) is 11.3. The standard InChI is InChI=1S/C13H11N3O/c1-15-12-4-2-3-11(9-12)13(17-14)10-5-7-16-8-6-10/h2-9,13H,14H2. The van der Waals surface area contributed by atoms with E-state index in [0.717, 1.165) is 11.1 Å². The molecular formula is C13H11N3O. The molecule has 0 spiro atoms. The number of hydrogen-bond acceptors (Lipinski definition) is 3. The molecule has 4 nitrogen and oxygen atoms in total. The quantitative estimate of drug-likeness (QED) is 0.645. The van der Waals surface area contributed by atoms with Crippen molar-refractivity contribution in [2.24, 2.45) is 5.90 Å². The van der Waals surface area contributed by atoms with E-state index in [9.17, 15) is 0 Å². The fourth-order valence-corrected chi connectivity index (χ4v) is 1.65. The van der Waals surface area contributed by atoms with Gasteiger partial charge >= 0.3 is 0 Å². The number of hydrogen-bond donors (Lipinski definition) is 1. The van der Waals surface area contributed by atoms with Gasteiger partial charge in [0.1, 0.15) is 6.10 Å². The molecule has 0 fully saturated rings. The lowest BCUT2D eigenvalue weighted by Crippen LogP contribution is -2.10. The Labute approximate surface area is 99.4 Å². The van der Waals surface area contributed by atoms with Crippen LogP contribution in [-0.4, -0.2) is 4.98 Å². The predicted octanol–water partition coefficient (Wildman–Crippen LogP) is 2.61. The zero-order chi connectivity index (χ0) is 12.1. The third-order valence-corrected chi connectivity index (χ3v) is 2.45. The first-order chi connectivity index (χ1) is 8.35. The molecule has 2 rings (SSSR count). The van der Waals surface area contributed by atoms with E-state index in [0.29, 0.717) is 5.69 Å². The van der Waals surface area contributed by atoms with Crippen LogP contribution in [0.15, 0.2) is 48.8 Å². The maximum atomic E-state index is 6.99. The molecule has 84 valence electrons. The minimum absolute atomic E-state index is 0.375. The van der Waals surface area contributed by atoms with Gasteiger partial charge in [-0.05, 0) is 23.3 Å². The highest BCUT2D eigenvalue weighted by Gasteiger charge is 2.13. The zero-order valence-electron chi connectivity index (χ0n) is 9.08. The van der Waals surface area contributed by atoms with Crippen LogP contribution in [0.3, 0.4) is 0 Å². The third kappa shape index (κ3) is 2.48. The predicted molar refractivity (Wildman–Crippen MR) is 64.1 cm³/mol. The molecule has 4 heteroatoms. The monoisotopic (exact) mass is 225 g/mol. The van der Waals surface area contributed by atoms with Gasteiger partial charge in [-0.15, -0.1) is 0 Å². The van der Waals surface area contributed by atoms with Crippen molar-refractivity contribution in [3.8, 4) is 0 Å². The molecule has 0 amide bonds. The summed E-state index contributed by atoms with van der Waals surface area (Å²) in [5.41, 5.74) is 2.33. The van der Waals surface area contributed by atoms with Crippen molar-refractivity contribution in [3.63, 3.8) is 0 Å². The number of pyridine rings is 1. The Kier molecular flexibility index (Phi) is 3.46. The number of benzene rings is 1. The highest BCUT2D eigenvalue weighted by molar-refractivity contribution is 5.48. The summed E-state index contributed by atoms with van der Waals surface area (Å²) in [6.45, 7) is 6.99. The first-order valence-electron chi connectivity index (χ1n) is 5.08. The summed E-state index contributed by atoms with van der Waals surface area (Å²) in [5, 5.41) is 0. The Hall–Kier alpha value is -2.22. The van der Waals surface area contributed by atoms with Gasteiger partial charge < -0.3 is 0 Å². The van der Waals surface area contributed by atoms with Crippen molar-refractivity contribution >= 4 is 5.69 Å². The summed E-state index contributed by atoms with van der Waals surface area (Å²) in [5.74, 6) is 5.33. The van der Waals surface area contributed by atoms with Crippen LogP contribution in [-0.2, 0) is 4.84 Å². The number of nitrogens with zero attached hydrogens (tertiary/aromatic N) is 2. The number of nitrogens with two attached hydrogens (primary N) is 1. The maximum absolute atomic E-state index is 6.99. The molecule has 2 N–H and O–H groups in total. The van der Waals surface area contributed by atoms with E-state index in [2.05, 4.69) is 9.83 Å². The molecule has 0 aliphatic carbocycles. The molecule has 1 unspecified atom stereocenters. The van der Waals surface area contributed by atoms with Crippen LogP contribution in [0, 0.1) is 6.57 Å². The molecule has 0 saturated heterocycles. The van der Waals surface area contributed by atoms with Crippen LogP contribution in [0.5, 0.6) is 0 Å². The van der Waals surface area contributed by atoms with Crippen molar-refractivity contribution in [1.29, 1.82) is 0 Å². The molecule has 1 heterocycles. The molecule has 2 aromatic rings. The fourth-order valence-electron chi connectivity index (χ4n) is 1.65. The van der Waals surface area contributed by atoms with Gasteiger partial charge in [-0.25, -0.2) is 10.7 Å². The van der Waals surface area contributed by atoms with Crippen LogP contribution >= 0.6 is 0 Å². The summed E-state index contributed by atoms with van der Waals surface area (Å²) in [4.78, 5) is 12.3. The molecule has 0 aliphatic rings. The maximum Gasteiger partial charge on any atom is 0.187 e. The smallest absolute Gasteiger partial charge is 0.187 e. The van der Waals surface area contributed by atoms with E-state index in [1.54, 1.807) is 24.5 Å². The van der Waals surface area contributed by atoms with Crippen molar-refractivity contribution in [1.82, 2.24) is 4.98 Å². The van der Waals surface area contributed by atoms with Gasteiger partial charge in [0.05, 0.1) is 6.57 Å². The normalized spacial score (nSPS) is 11.8. The lowest BCUT2D eigenvalue weighted by molar-refractivity contribution is 0.0813. The van der Waals surface area contributed by atoms with E-state index in [-0.39, 0.29) is 6.10 Å². The molecule has 1 aromatic carbocycles. The first-order valence-corrected chi connectivity index (χ1v) is 5.08. The minimum atomic E-state index is -0.375. The van der Waals surface area contributed by atoms with E-state index in [1.165, 1.54) is 0 Å². The summed E-state index contributed by atoms with van der Waals surface area (Å²) in [6, 6.07) is 10.9. The Morgan fingerprint density at radius 2 is 1.94 bits per heavy atom. The van der Waals surface area contributed by atoms with Gasteiger partial charge in [-0.2, -0.15) is 0 Å². The van der Waals surface area contributed by atoms with Crippen LogP contribution in [0.4, 0.5) is 5.69 Å². The second-order valence-corrected chi connectivity index (χ2v) is 3.50. The van der Waals surface area contributed by atoms with Crippen LogP contribution in [0.2, 0.25) is 0 Å². The number of aromatic nitrogens is 1. The average molecular weight is 225 g/mol. The zero-order valence-corrected chi connectivity index (χ0v) is 9.08. The topological polar surface area (TPSA) is 52.5 Å². The Bertz CT molecular complexity index is 534. The summed E-state index contributed by atoms with van der Waals surface area (Å²) in [7, 11) is 0. The van der Waals surface area contributed by atoms with Gasteiger partial charge in [0.15, 0.2) is 5.69 Å². The summed E-state index contributed by atoms with van der Waals surface area (Å²) < 4.78 is 0. The van der Waals surface area contributed by atoms with Gasteiger partial charge in [-0.1, -0.05) is 24.3 Å². The molecule has 1 aromatic heterocycles. The lowest BCUT2D eigenvalue weighted by atomic mass is 10.0. The van der Waals surface area contributed by atoms with E-state index < -0.39 is 0 Å². The molecule has 1 atom stereocenters. The molecular weight excluding hydrogens is 214 g/mol. The fraction of sp³-hybridized carbons (Fsp3) is 0.0769. The summed E-state index contributed by atoms with van der Waals surface area (Å²) >= 11 is 0. The molecule has 0 radical (unpaired) electrons. The van der Waals surface area contributed by atoms with Gasteiger partial charge in [0.2, 0.25) is 0 Å². The second-order valence-electron chi connectivity index (χ2n) is 3.50. The molecule has 0 aliphatic heterocycles. The second kappa shape index (κ2) is 5.21. The molecule has 0 saturated carbocycles. The highest BCUT2D eigenvalue weighted by atomic mass is 16.6. The largest absolute Gasteiger partial charge is 0.292 e. The Morgan fingerprint density at radius 3 is 2.59 bits per heavy atom. The van der Waals surface area contributed by atoms with Crippen LogP contribution in [0.25, 0.3) is 4.85 Å². The van der Waals surface area contributed by atoms with Gasteiger partial charge in [-0.3, -0.25) is 9.82 Å².